The molecule has 44 heavy (non-hydrogen) atoms. The van der Waals surface area contributed by atoms with Gasteiger partial charge in [-0.15, -0.1) is 0 Å². The summed E-state index contributed by atoms with van der Waals surface area (Å²) in [4.78, 5) is 55.4. The molecule has 2 fully saturated rings. The van der Waals surface area contributed by atoms with Gasteiger partial charge in [0.05, 0.1) is 22.2 Å². The Labute approximate surface area is 264 Å². The predicted octanol–water partition coefficient (Wildman–Crippen LogP) is 4.51. The highest BCUT2D eigenvalue weighted by atomic mass is 35.5. The van der Waals surface area contributed by atoms with Gasteiger partial charge in [-0.1, -0.05) is 48.7 Å². The number of halogens is 1. The first-order valence-electron chi connectivity index (χ1n) is 15.2. The van der Waals surface area contributed by atoms with Crippen molar-refractivity contribution in [3.8, 4) is 0 Å². The van der Waals surface area contributed by atoms with Crippen LogP contribution in [0.4, 0.5) is 10.5 Å². The number of para-hydroxylation sites is 1. The number of amides is 3. The van der Waals surface area contributed by atoms with Crippen molar-refractivity contribution in [2.45, 2.75) is 96.2 Å². The Bertz CT molecular complexity index is 1410. The number of benzene rings is 1. The van der Waals surface area contributed by atoms with Crippen molar-refractivity contribution >= 4 is 51.2 Å². The van der Waals surface area contributed by atoms with E-state index < -0.39 is 45.3 Å². The normalized spacial score (nSPS) is 27.2. The van der Waals surface area contributed by atoms with Gasteiger partial charge in [-0.05, 0) is 77.3 Å². The number of allylic oxidation sites excluding steroid dienone is 2. The van der Waals surface area contributed by atoms with Crippen LogP contribution in [0.15, 0.2) is 36.4 Å². The lowest BCUT2D eigenvalue weighted by atomic mass is 9.91. The summed E-state index contributed by atoms with van der Waals surface area (Å²) in [7, 11) is -3.04. The topological polar surface area (TPSA) is 142 Å². The molecule has 2 aliphatic heterocycles. The van der Waals surface area contributed by atoms with Crippen molar-refractivity contribution in [2.75, 3.05) is 17.9 Å². The Balaban J connectivity index is 1.56. The zero-order valence-corrected chi connectivity index (χ0v) is 27.4. The summed E-state index contributed by atoms with van der Waals surface area (Å²) < 4.78 is 35.0. The molecule has 2 N–H and O–H groups in total. The zero-order valence-electron chi connectivity index (χ0n) is 25.8. The maximum absolute atomic E-state index is 13.8. The molecule has 13 heteroatoms. The second-order valence-electron chi connectivity index (χ2n) is 12.9. The van der Waals surface area contributed by atoms with E-state index in [1.54, 1.807) is 39.0 Å². The zero-order chi connectivity index (χ0) is 32.3. The summed E-state index contributed by atoms with van der Waals surface area (Å²) in [5, 5.41) is 2.92. The Morgan fingerprint density at radius 1 is 1.09 bits per heavy atom. The maximum atomic E-state index is 13.8. The maximum Gasteiger partial charge on any atom is 0.408 e. The van der Waals surface area contributed by atoms with E-state index in [4.69, 9.17) is 16.3 Å². The molecule has 1 saturated heterocycles. The van der Waals surface area contributed by atoms with Gasteiger partial charge >= 0.3 is 16.3 Å². The lowest BCUT2D eigenvalue weighted by Gasteiger charge is -2.30. The molecule has 0 unspecified atom stereocenters. The number of carbonyl (C=O) groups is 4. The van der Waals surface area contributed by atoms with Crippen LogP contribution in [0.25, 0.3) is 0 Å². The number of nitrogens with zero attached hydrogens (tertiary/aromatic N) is 2. The van der Waals surface area contributed by atoms with Crippen molar-refractivity contribution in [3.05, 3.63) is 41.4 Å². The molecule has 0 radical (unpaired) electrons. The van der Waals surface area contributed by atoms with E-state index >= 15 is 0 Å². The molecule has 0 bridgehead atoms. The molecule has 4 atom stereocenters. The SMILES string of the molecule is CN(c1ccccc1Cl)S(=O)(=O)NC(=O)[C@]12CC(=O)[C@@H]3CCCN3C(=O)[C@@H](NC(=O)OC(C)(C)C)CCCCC/C=C\[C@@H]1C2. The van der Waals surface area contributed by atoms with E-state index in [1.165, 1.54) is 18.0 Å². The Morgan fingerprint density at radius 2 is 1.82 bits per heavy atom. The van der Waals surface area contributed by atoms with Gasteiger partial charge in [-0.2, -0.15) is 8.42 Å². The third-order valence-corrected chi connectivity index (χ3v) is 10.2. The van der Waals surface area contributed by atoms with Gasteiger partial charge in [0, 0.05) is 20.0 Å². The van der Waals surface area contributed by atoms with Gasteiger partial charge < -0.3 is 15.0 Å². The second-order valence-corrected chi connectivity index (χ2v) is 15.0. The van der Waals surface area contributed by atoms with Crippen molar-refractivity contribution in [2.24, 2.45) is 11.3 Å². The molecule has 4 rings (SSSR count). The number of ketones is 1. The van der Waals surface area contributed by atoms with Crippen molar-refractivity contribution in [3.63, 3.8) is 0 Å². The molecule has 1 saturated carbocycles. The number of nitrogens with one attached hydrogen (secondary N) is 2. The number of fused-ring (bicyclic) bond motifs is 2. The molecule has 2 heterocycles. The summed E-state index contributed by atoms with van der Waals surface area (Å²) in [6, 6.07) is 4.75. The van der Waals surface area contributed by atoms with Crippen LogP contribution in [-0.4, -0.2) is 68.3 Å². The van der Waals surface area contributed by atoms with E-state index in [0.29, 0.717) is 38.6 Å². The van der Waals surface area contributed by atoms with E-state index in [0.717, 1.165) is 23.6 Å². The molecule has 242 valence electrons. The first kappa shape index (κ1) is 33.8. The molecule has 1 aromatic carbocycles. The van der Waals surface area contributed by atoms with Crippen LogP contribution in [0.3, 0.4) is 0 Å². The number of carbonyl (C=O) groups excluding carboxylic acids is 4. The molecular weight excluding hydrogens is 608 g/mol. The van der Waals surface area contributed by atoms with Crippen molar-refractivity contribution in [1.82, 2.24) is 14.9 Å². The average Bonchev–Trinajstić information content (AvgIpc) is 3.39. The predicted molar refractivity (Wildman–Crippen MR) is 167 cm³/mol. The molecule has 3 aliphatic rings. The lowest BCUT2D eigenvalue weighted by molar-refractivity contribution is -0.140. The fraction of sp³-hybridized carbons (Fsp3) is 0.613. The first-order valence-corrected chi connectivity index (χ1v) is 17.0. The highest BCUT2D eigenvalue weighted by Gasteiger charge is 2.61. The second kappa shape index (κ2) is 13.5. The summed E-state index contributed by atoms with van der Waals surface area (Å²) in [5.41, 5.74) is -1.79. The molecule has 1 aromatic rings. The highest BCUT2D eigenvalue weighted by molar-refractivity contribution is 7.91. The monoisotopic (exact) mass is 650 g/mol. The van der Waals surface area contributed by atoms with Crippen molar-refractivity contribution < 1.29 is 32.3 Å². The van der Waals surface area contributed by atoms with Gasteiger partial charge in [0.1, 0.15) is 11.6 Å². The number of hydrogen-bond donors (Lipinski definition) is 2. The smallest absolute Gasteiger partial charge is 0.408 e. The van der Waals surface area contributed by atoms with Gasteiger partial charge in [-0.3, -0.25) is 18.7 Å². The minimum Gasteiger partial charge on any atom is -0.444 e. The van der Waals surface area contributed by atoms with Crippen LogP contribution in [0.5, 0.6) is 0 Å². The van der Waals surface area contributed by atoms with Crippen LogP contribution in [0.2, 0.25) is 5.02 Å². The first-order chi connectivity index (χ1) is 20.6. The molecule has 1 aliphatic carbocycles. The largest absolute Gasteiger partial charge is 0.444 e. The molecule has 11 nitrogen and oxygen atoms in total. The quantitative estimate of drug-likeness (QED) is 0.447. The van der Waals surface area contributed by atoms with Crippen LogP contribution >= 0.6 is 11.6 Å². The van der Waals surface area contributed by atoms with Crippen LogP contribution in [0.1, 0.15) is 78.6 Å². The van der Waals surface area contributed by atoms with E-state index in [9.17, 15) is 27.6 Å². The van der Waals surface area contributed by atoms with Crippen molar-refractivity contribution in [1.29, 1.82) is 0 Å². The van der Waals surface area contributed by atoms with Crippen LogP contribution < -0.4 is 14.3 Å². The highest BCUT2D eigenvalue weighted by Crippen LogP contribution is 2.57. The summed E-state index contributed by atoms with van der Waals surface area (Å²) >= 11 is 6.20. The minimum absolute atomic E-state index is 0.201. The Kier molecular flexibility index (Phi) is 10.3. The minimum atomic E-state index is -4.34. The number of rotatable bonds is 5. The fourth-order valence-electron chi connectivity index (χ4n) is 6.00. The number of anilines is 1. The van der Waals surface area contributed by atoms with Gasteiger partial charge in [0.25, 0.3) is 0 Å². The van der Waals surface area contributed by atoms with E-state index in [-0.39, 0.29) is 34.7 Å². The molecule has 0 spiro atoms. The summed E-state index contributed by atoms with van der Waals surface area (Å²) in [5.74, 6) is -1.73. The van der Waals surface area contributed by atoms with E-state index in [2.05, 4.69) is 10.0 Å². The third kappa shape index (κ3) is 7.93. The molecular formula is C31H43ClN4O7S. The average molecular weight is 651 g/mol. The number of hydrogen-bond acceptors (Lipinski definition) is 7. The number of ether oxygens (including phenoxy) is 1. The summed E-state index contributed by atoms with van der Waals surface area (Å²) in [6.45, 7) is 5.57. The molecule has 3 amide bonds. The van der Waals surface area contributed by atoms with Gasteiger partial charge in [0.2, 0.25) is 11.8 Å². The Hall–Kier alpha value is -3.12. The van der Waals surface area contributed by atoms with Crippen LogP contribution in [0, 0.1) is 11.3 Å². The standard InChI is InChI=1S/C31H43ClN4O7S/c1-30(2,3)43-29(40)33-23-15-9-7-5-6-8-13-21-19-31(21,20-26(37)25-17-12-18-36(25)27(23)38)28(39)34-44(41,42)35(4)24-16-11-10-14-22(24)32/h8,10-11,13-14,16,21,23,25H,5-7,9,12,15,17-20H2,1-4H3,(H,33,40)(H,34,39)/b13-8-/t21-,23+,25+,31-/m1/s1. The van der Waals surface area contributed by atoms with E-state index in [1.807, 2.05) is 12.2 Å². The van der Waals surface area contributed by atoms with Crippen LogP contribution in [-0.2, 0) is 29.3 Å². The molecule has 0 aromatic heterocycles. The number of alkyl carbamates (subject to hydrolysis) is 1. The number of Topliss-reactive ketones (excluding diaryl/α,β-unsaturated/α-hetero) is 1. The summed E-state index contributed by atoms with van der Waals surface area (Å²) in [6.07, 6.45) is 7.78. The Morgan fingerprint density at radius 3 is 2.52 bits per heavy atom. The fourth-order valence-corrected chi connectivity index (χ4v) is 7.31. The lowest BCUT2D eigenvalue weighted by Crippen LogP contribution is -2.53. The third-order valence-electron chi connectivity index (χ3n) is 8.48. The van der Waals surface area contributed by atoms with Gasteiger partial charge in [0.15, 0.2) is 5.78 Å². The van der Waals surface area contributed by atoms with Gasteiger partial charge in [-0.25, -0.2) is 9.52 Å².